The minimum atomic E-state index is -3.50. The van der Waals surface area contributed by atoms with Crippen LogP contribution < -0.4 is 4.72 Å². The maximum atomic E-state index is 13.1. The summed E-state index contributed by atoms with van der Waals surface area (Å²) < 4.78 is 41.5. The Hall–Kier alpha value is -1.89. The van der Waals surface area contributed by atoms with Crippen LogP contribution in [0.25, 0.3) is 0 Å². The Morgan fingerprint density at radius 2 is 2.14 bits per heavy atom. The Labute approximate surface area is 123 Å². The number of benzene rings is 1. The molecule has 0 fully saturated rings. The summed E-state index contributed by atoms with van der Waals surface area (Å²) in [7, 11) is -3.50. The van der Waals surface area contributed by atoms with E-state index >= 15 is 0 Å². The number of rotatable bonds is 6. The van der Waals surface area contributed by atoms with Gasteiger partial charge in [0.05, 0.1) is 11.9 Å². The van der Waals surface area contributed by atoms with Crippen molar-refractivity contribution in [3.63, 3.8) is 0 Å². The molecular formula is C14H18FN3O2S. The molecule has 0 saturated carbocycles. The Bertz CT molecular complexity index is 726. The topological polar surface area (TPSA) is 64.0 Å². The molecule has 0 radical (unpaired) electrons. The molecule has 0 unspecified atom stereocenters. The fourth-order valence-corrected chi connectivity index (χ4v) is 3.16. The highest BCUT2D eigenvalue weighted by Gasteiger charge is 2.15. The number of anilines is 1. The quantitative estimate of drug-likeness (QED) is 0.890. The first-order chi connectivity index (χ1) is 9.91. The van der Waals surface area contributed by atoms with Gasteiger partial charge >= 0.3 is 0 Å². The molecule has 0 atom stereocenters. The van der Waals surface area contributed by atoms with Crippen molar-refractivity contribution < 1.29 is 12.8 Å². The molecule has 1 heterocycles. The molecule has 0 bridgehead atoms. The van der Waals surface area contributed by atoms with E-state index in [9.17, 15) is 12.8 Å². The molecule has 0 aliphatic carbocycles. The molecule has 0 aliphatic heterocycles. The van der Waals surface area contributed by atoms with E-state index in [1.165, 1.54) is 12.1 Å². The predicted molar refractivity (Wildman–Crippen MR) is 80.2 cm³/mol. The van der Waals surface area contributed by atoms with E-state index < -0.39 is 10.0 Å². The Morgan fingerprint density at radius 3 is 2.81 bits per heavy atom. The van der Waals surface area contributed by atoms with Crippen LogP contribution in [0, 0.1) is 12.7 Å². The number of aromatic nitrogens is 2. The van der Waals surface area contributed by atoms with Crippen LogP contribution in [-0.4, -0.2) is 24.0 Å². The monoisotopic (exact) mass is 311 g/mol. The minimum absolute atomic E-state index is 0.106. The average molecular weight is 311 g/mol. The molecule has 0 saturated heterocycles. The van der Waals surface area contributed by atoms with E-state index in [2.05, 4.69) is 9.82 Å². The number of nitrogens with one attached hydrogen (secondary N) is 1. The van der Waals surface area contributed by atoms with Crippen molar-refractivity contribution in [2.24, 2.45) is 0 Å². The third kappa shape index (κ3) is 4.04. The number of hydrogen-bond donors (Lipinski definition) is 1. The number of aryl methyl sites for hydroxylation is 3. The maximum Gasteiger partial charge on any atom is 0.234 e. The average Bonchev–Trinajstić information content (AvgIpc) is 2.77. The van der Waals surface area contributed by atoms with E-state index in [4.69, 9.17) is 0 Å². The summed E-state index contributed by atoms with van der Waals surface area (Å²) in [5.74, 6) is 0.0135. The summed E-state index contributed by atoms with van der Waals surface area (Å²) in [6, 6.07) is 5.96. The SMILES string of the molecule is CCn1ncc(C)c1NS(=O)(=O)CCc1cccc(F)c1. The largest absolute Gasteiger partial charge is 0.267 e. The maximum absolute atomic E-state index is 13.1. The van der Waals surface area contributed by atoms with E-state index in [0.29, 0.717) is 17.9 Å². The van der Waals surface area contributed by atoms with Crippen LogP contribution in [-0.2, 0) is 23.0 Å². The lowest BCUT2D eigenvalue weighted by atomic mass is 10.2. The summed E-state index contributed by atoms with van der Waals surface area (Å²) in [5.41, 5.74) is 1.42. The number of nitrogens with zero attached hydrogens (tertiary/aromatic N) is 2. The van der Waals surface area contributed by atoms with Crippen molar-refractivity contribution in [2.75, 3.05) is 10.5 Å². The molecule has 21 heavy (non-hydrogen) atoms. The van der Waals surface area contributed by atoms with Crippen molar-refractivity contribution in [1.29, 1.82) is 0 Å². The molecule has 5 nitrogen and oxygen atoms in total. The highest BCUT2D eigenvalue weighted by atomic mass is 32.2. The molecule has 7 heteroatoms. The second-order valence-corrected chi connectivity index (χ2v) is 6.63. The van der Waals surface area contributed by atoms with Gasteiger partial charge in [-0.1, -0.05) is 12.1 Å². The lowest BCUT2D eigenvalue weighted by Gasteiger charge is -2.10. The molecule has 0 spiro atoms. The lowest BCUT2D eigenvalue weighted by molar-refractivity contribution is 0.597. The summed E-state index contributed by atoms with van der Waals surface area (Å²) in [5, 5.41) is 4.09. The van der Waals surface area contributed by atoms with Gasteiger partial charge in [0.25, 0.3) is 0 Å². The van der Waals surface area contributed by atoms with Gasteiger partial charge in [-0.2, -0.15) is 5.10 Å². The fourth-order valence-electron chi connectivity index (χ4n) is 1.99. The van der Waals surface area contributed by atoms with Crippen LogP contribution >= 0.6 is 0 Å². The van der Waals surface area contributed by atoms with Crippen molar-refractivity contribution in [3.8, 4) is 0 Å². The van der Waals surface area contributed by atoms with E-state index in [1.807, 2.05) is 6.92 Å². The van der Waals surface area contributed by atoms with Crippen molar-refractivity contribution in [2.45, 2.75) is 26.8 Å². The fraction of sp³-hybridized carbons (Fsp3) is 0.357. The van der Waals surface area contributed by atoms with Crippen LogP contribution in [0.1, 0.15) is 18.1 Å². The van der Waals surface area contributed by atoms with Crippen molar-refractivity contribution in [1.82, 2.24) is 9.78 Å². The molecule has 114 valence electrons. The van der Waals surface area contributed by atoms with Gasteiger partial charge in [0.1, 0.15) is 11.6 Å². The predicted octanol–water partition coefficient (Wildman–Crippen LogP) is 2.33. The zero-order chi connectivity index (χ0) is 15.5. The van der Waals surface area contributed by atoms with Gasteiger partial charge < -0.3 is 0 Å². The molecule has 2 aromatic rings. The first kappa shape index (κ1) is 15.5. The zero-order valence-corrected chi connectivity index (χ0v) is 12.8. The zero-order valence-electron chi connectivity index (χ0n) is 12.0. The summed E-state index contributed by atoms with van der Waals surface area (Å²) in [4.78, 5) is 0. The van der Waals surface area contributed by atoms with Crippen LogP contribution in [0.5, 0.6) is 0 Å². The van der Waals surface area contributed by atoms with Crippen molar-refractivity contribution >= 4 is 15.8 Å². The molecule has 1 aromatic carbocycles. The normalized spacial score (nSPS) is 11.6. The molecule has 1 aromatic heterocycles. The van der Waals surface area contributed by atoms with Gasteiger partial charge in [0, 0.05) is 12.1 Å². The molecule has 0 aliphatic rings. The van der Waals surface area contributed by atoms with Gasteiger partial charge in [-0.05, 0) is 38.0 Å². The third-order valence-electron chi connectivity index (χ3n) is 3.12. The van der Waals surface area contributed by atoms with Crippen LogP contribution in [0.2, 0.25) is 0 Å². The highest BCUT2D eigenvalue weighted by molar-refractivity contribution is 7.92. The van der Waals surface area contributed by atoms with Crippen molar-refractivity contribution in [3.05, 3.63) is 47.4 Å². The second-order valence-electron chi connectivity index (χ2n) is 4.79. The number of halogens is 1. The first-order valence-electron chi connectivity index (χ1n) is 6.68. The lowest BCUT2D eigenvalue weighted by Crippen LogP contribution is -2.21. The Kier molecular flexibility index (Phi) is 4.62. The summed E-state index contributed by atoms with van der Waals surface area (Å²) >= 11 is 0. The van der Waals surface area contributed by atoms with E-state index in [-0.39, 0.29) is 18.0 Å². The van der Waals surface area contributed by atoms with Gasteiger partial charge in [0.2, 0.25) is 10.0 Å². The first-order valence-corrected chi connectivity index (χ1v) is 8.34. The number of sulfonamides is 1. The van der Waals surface area contributed by atoms with E-state index in [0.717, 1.165) is 5.56 Å². The molecular weight excluding hydrogens is 293 g/mol. The van der Waals surface area contributed by atoms with Gasteiger partial charge in [-0.3, -0.25) is 4.72 Å². The second kappa shape index (κ2) is 6.26. The van der Waals surface area contributed by atoms with Crippen LogP contribution in [0.15, 0.2) is 30.5 Å². The highest BCUT2D eigenvalue weighted by Crippen LogP contribution is 2.16. The van der Waals surface area contributed by atoms with E-state index in [1.54, 1.807) is 29.9 Å². The van der Waals surface area contributed by atoms with Crippen LogP contribution in [0.3, 0.4) is 0 Å². The minimum Gasteiger partial charge on any atom is -0.267 e. The Morgan fingerprint density at radius 1 is 1.38 bits per heavy atom. The summed E-state index contributed by atoms with van der Waals surface area (Å²) in [6.45, 7) is 4.26. The number of hydrogen-bond acceptors (Lipinski definition) is 3. The van der Waals surface area contributed by atoms with Gasteiger partial charge in [-0.25, -0.2) is 17.5 Å². The standard InChI is InChI=1S/C14H18FN3O2S/c1-3-18-14(11(2)10-16-18)17-21(19,20)8-7-12-5-4-6-13(15)9-12/h4-6,9-10,17H,3,7-8H2,1-2H3. The van der Waals surface area contributed by atoms with Gasteiger partial charge in [-0.15, -0.1) is 0 Å². The Balaban J connectivity index is 2.07. The summed E-state index contributed by atoms with van der Waals surface area (Å²) in [6.07, 6.45) is 1.88. The molecule has 1 N–H and O–H groups in total. The molecule has 2 rings (SSSR count). The molecule has 0 amide bonds. The smallest absolute Gasteiger partial charge is 0.234 e. The van der Waals surface area contributed by atoms with Gasteiger partial charge in [0.15, 0.2) is 0 Å². The third-order valence-corrected chi connectivity index (χ3v) is 4.37. The van der Waals surface area contributed by atoms with Crippen LogP contribution in [0.4, 0.5) is 10.2 Å².